The Morgan fingerprint density at radius 2 is 1.93 bits per heavy atom. The summed E-state index contributed by atoms with van der Waals surface area (Å²) in [7, 11) is -1.39. The van der Waals surface area contributed by atoms with Crippen LogP contribution in [-0.2, 0) is 0 Å². The van der Waals surface area contributed by atoms with Crippen molar-refractivity contribution < 1.29 is 0 Å². The standard InChI is InChI=1S/C12H14N2Si/c1-10-5-6-11(12(9-13)14-10)7-8-15(2,3)4/h5-6H,1-4H3. The number of nitriles is 1. The average Bonchev–Trinajstić information content (AvgIpc) is 2.14. The van der Waals surface area contributed by atoms with E-state index in [0.29, 0.717) is 5.69 Å². The Morgan fingerprint density at radius 3 is 2.47 bits per heavy atom. The summed E-state index contributed by atoms with van der Waals surface area (Å²) in [5, 5.41) is 8.90. The van der Waals surface area contributed by atoms with Gasteiger partial charge in [0.15, 0.2) is 5.69 Å². The molecule has 15 heavy (non-hydrogen) atoms. The molecule has 0 fully saturated rings. The van der Waals surface area contributed by atoms with Gasteiger partial charge in [-0.25, -0.2) is 4.98 Å². The van der Waals surface area contributed by atoms with Crippen LogP contribution in [0.3, 0.4) is 0 Å². The molecular formula is C12H14N2Si. The third-order valence-corrected chi connectivity index (χ3v) is 2.59. The summed E-state index contributed by atoms with van der Waals surface area (Å²) in [6.45, 7) is 8.39. The van der Waals surface area contributed by atoms with Gasteiger partial charge in [-0.15, -0.1) is 5.54 Å². The predicted molar refractivity (Wildman–Crippen MR) is 63.9 cm³/mol. The van der Waals surface area contributed by atoms with Crippen molar-refractivity contribution in [1.29, 1.82) is 5.26 Å². The van der Waals surface area contributed by atoms with Crippen LogP contribution >= 0.6 is 0 Å². The number of pyridine rings is 1. The fraction of sp³-hybridized carbons (Fsp3) is 0.333. The molecule has 0 aliphatic heterocycles. The average molecular weight is 214 g/mol. The van der Waals surface area contributed by atoms with Gasteiger partial charge in [-0.1, -0.05) is 25.6 Å². The summed E-state index contributed by atoms with van der Waals surface area (Å²) < 4.78 is 0. The molecule has 0 saturated heterocycles. The molecule has 3 heteroatoms. The van der Waals surface area contributed by atoms with E-state index in [1.807, 2.05) is 19.1 Å². The maximum absolute atomic E-state index is 8.90. The van der Waals surface area contributed by atoms with Crippen molar-refractivity contribution in [3.63, 3.8) is 0 Å². The quantitative estimate of drug-likeness (QED) is 0.491. The van der Waals surface area contributed by atoms with Crippen LogP contribution < -0.4 is 0 Å². The molecule has 0 aromatic carbocycles. The van der Waals surface area contributed by atoms with Gasteiger partial charge in [0.2, 0.25) is 0 Å². The van der Waals surface area contributed by atoms with Gasteiger partial charge in [0.05, 0.1) is 5.56 Å². The second-order valence-corrected chi connectivity index (χ2v) is 9.21. The summed E-state index contributed by atoms with van der Waals surface area (Å²) in [5.74, 6) is 3.06. The van der Waals surface area contributed by atoms with Gasteiger partial charge in [-0.3, -0.25) is 0 Å². The molecule has 1 aromatic rings. The first-order chi connectivity index (χ1) is 6.92. The second kappa shape index (κ2) is 4.29. The first-order valence-corrected chi connectivity index (χ1v) is 8.33. The van der Waals surface area contributed by atoms with Gasteiger partial charge in [-0.2, -0.15) is 5.26 Å². The summed E-state index contributed by atoms with van der Waals surface area (Å²) in [5.41, 5.74) is 5.25. The molecule has 0 radical (unpaired) electrons. The van der Waals surface area contributed by atoms with Crippen LogP contribution in [0.2, 0.25) is 19.6 Å². The lowest BCUT2D eigenvalue weighted by molar-refractivity contribution is 1.16. The van der Waals surface area contributed by atoms with Crippen molar-refractivity contribution in [3.8, 4) is 17.5 Å². The van der Waals surface area contributed by atoms with Crippen molar-refractivity contribution >= 4 is 8.07 Å². The molecule has 0 amide bonds. The van der Waals surface area contributed by atoms with E-state index in [1.54, 1.807) is 0 Å². The van der Waals surface area contributed by atoms with Gasteiger partial charge >= 0.3 is 0 Å². The normalized spacial score (nSPS) is 10.1. The molecule has 0 bridgehead atoms. The summed E-state index contributed by atoms with van der Waals surface area (Å²) in [6.07, 6.45) is 0. The van der Waals surface area contributed by atoms with E-state index in [9.17, 15) is 0 Å². The molecule has 1 heterocycles. The molecule has 0 atom stereocenters. The Labute approximate surface area is 92.0 Å². The minimum absolute atomic E-state index is 0.431. The molecule has 0 saturated carbocycles. The van der Waals surface area contributed by atoms with Crippen LogP contribution in [0, 0.1) is 29.7 Å². The van der Waals surface area contributed by atoms with Gasteiger partial charge in [-0.05, 0) is 19.1 Å². The third-order valence-electron chi connectivity index (χ3n) is 1.71. The highest BCUT2D eigenvalue weighted by atomic mass is 28.3. The minimum Gasteiger partial charge on any atom is -0.241 e. The summed E-state index contributed by atoms with van der Waals surface area (Å²) >= 11 is 0. The van der Waals surface area contributed by atoms with Crippen LogP contribution in [-0.4, -0.2) is 13.1 Å². The van der Waals surface area contributed by atoms with Crippen LogP contribution in [0.5, 0.6) is 0 Å². The van der Waals surface area contributed by atoms with E-state index >= 15 is 0 Å². The number of rotatable bonds is 0. The molecule has 1 rings (SSSR count). The van der Waals surface area contributed by atoms with E-state index < -0.39 is 8.07 Å². The molecule has 0 aliphatic rings. The SMILES string of the molecule is Cc1ccc(C#C[Si](C)(C)C)c(C#N)n1. The highest BCUT2D eigenvalue weighted by Crippen LogP contribution is 2.06. The van der Waals surface area contributed by atoms with Gasteiger partial charge < -0.3 is 0 Å². The maximum Gasteiger partial charge on any atom is 0.156 e. The Kier molecular flexibility index (Phi) is 3.29. The van der Waals surface area contributed by atoms with Crippen molar-refractivity contribution in [2.45, 2.75) is 26.6 Å². The molecular weight excluding hydrogens is 200 g/mol. The highest BCUT2D eigenvalue weighted by molar-refractivity contribution is 6.83. The van der Waals surface area contributed by atoms with E-state index in [4.69, 9.17) is 5.26 Å². The van der Waals surface area contributed by atoms with Gasteiger partial charge in [0, 0.05) is 5.69 Å². The Balaban J connectivity index is 3.16. The molecule has 0 unspecified atom stereocenters. The monoisotopic (exact) mass is 214 g/mol. The fourth-order valence-corrected chi connectivity index (χ4v) is 1.51. The van der Waals surface area contributed by atoms with E-state index in [2.05, 4.69) is 42.2 Å². The van der Waals surface area contributed by atoms with Crippen LogP contribution in [0.25, 0.3) is 0 Å². The first kappa shape index (κ1) is 11.5. The molecule has 2 nitrogen and oxygen atoms in total. The van der Waals surface area contributed by atoms with Crippen molar-refractivity contribution in [1.82, 2.24) is 4.98 Å². The van der Waals surface area contributed by atoms with Crippen LogP contribution in [0.1, 0.15) is 17.0 Å². The number of hydrogen-bond acceptors (Lipinski definition) is 2. The number of aryl methyl sites for hydroxylation is 1. The highest BCUT2D eigenvalue weighted by Gasteiger charge is 2.08. The first-order valence-electron chi connectivity index (χ1n) is 4.83. The third kappa shape index (κ3) is 3.57. The summed E-state index contributed by atoms with van der Waals surface area (Å²) in [6, 6.07) is 5.83. The minimum atomic E-state index is -1.39. The lowest BCUT2D eigenvalue weighted by Crippen LogP contribution is -2.16. The fourth-order valence-electron chi connectivity index (χ4n) is 0.998. The second-order valence-electron chi connectivity index (χ2n) is 4.46. The molecule has 0 spiro atoms. The summed E-state index contributed by atoms with van der Waals surface area (Å²) in [4.78, 5) is 4.14. The number of aromatic nitrogens is 1. The molecule has 76 valence electrons. The van der Waals surface area contributed by atoms with Gasteiger partial charge in [0.1, 0.15) is 14.1 Å². The zero-order valence-electron chi connectivity index (χ0n) is 9.55. The lowest BCUT2D eigenvalue weighted by Gasteiger charge is -2.03. The van der Waals surface area contributed by atoms with Crippen molar-refractivity contribution in [2.75, 3.05) is 0 Å². The van der Waals surface area contributed by atoms with Crippen LogP contribution in [0.4, 0.5) is 0 Å². The topological polar surface area (TPSA) is 36.7 Å². The maximum atomic E-state index is 8.90. The Bertz CT molecular complexity index is 467. The van der Waals surface area contributed by atoms with E-state index in [-0.39, 0.29) is 0 Å². The van der Waals surface area contributed by atoms with Crippen molar-refractivity contribution in [3.05, 3.63) is 29.1 Å². The van der Waals surface area contributed by atoms with Gasteiger partial charge in [0.25, 0.3) is 0 Å². The number of nitrogens with zero attached hydrogens (tertiary/aromatic N) is 2. The Morgan fingerprint density at radius 1 is 1.27 bits per heavy atom. The van der Waals surface area contributed by atoms with E-state index in [0.717, 1.165) is 11.3 Å². The Hall–Kier alpha value is -1.58. The smallest absolute Gasteiger partial charge is 0.156 e. The zero-order valence-corrected chi connectivity index (χ0v) is 10.5. The largest absolute Gasteiger partial charge is 0.241 e. The lowest BCUT2D eigenvalue weighted by atomic mass is 10.2. The zero-order chi connectivity index (χ0) is 11.5. The predicted octanol–water partition coefficient (Wildman–Crippen LogP) is 2.49. The molecule has 0 N–H and O–H groups in total. The molecule has 0 aliphatic carbocycles. The number of hydrogen-bond donors (Lipinski definition) is 0. The molecule has 1 aromatic heterocycles. The van der Waals surface area contributed by atoms with Crippen LogP contribution in [0.15, 0.2) is 12.1 Å². The van der Waals surface area contributed by atoms with E-state index in [1.165, 1.54) is 0 Å². The van der Waals surface area contributed by atoms with Crippen molar-refractivity contribution in [2.24, 2.45) is 0 Å².